The average molecular weight is 501 g/mol. The van der Waals surface area contributed by atoms with Crippen molar-refractivity contribution in [3.8, 4) is 0 Å². The second-order valence-electron chi connectivity index (χ2n) is 10.2. The minimum atomic E-state index is -0.0369. The van der Waals surface area contributed by atoms with Crippen LogP contribution < -0.4 is 9.80 Å². The monoisotopic (exact) mass is 500 g/mol. The van der Waals surface area contributed by atoms with Crippen molar-refractivity contribution >= 4 is 17.5 Å². The summed E-state index contributed by atoms with van der Waals surface area (Å²) in [5.74, 6) is 1.73. The van der Waals surface area contributed by atoms with Crippen molar-refractivity contribution in [3.05, 3.63) is 70.8 Å². The Kier molecular flexibility index (Phi) is 7.32. The number of benzene rings is 1. The topological polar surface area (TPSA) is 81.6 Å². The van der Waals surface area contributed by atoms with Crippen LogP contribution in [0.25, 0.3) is 0 Å². The Balaban J connectivity index is 1.23. The molecule has 9 nitrogen and oxygen atoms in total. The van der Waals surface area contributed by atoms with Gasteiger partial charge in [-0.2, -0.15) is 5.10 Å². The summed E-state index contributed by atoms with van der Waals surface area (Å²) < 4.78 is 0. The van der Waals surface area contributed by atoms with Crippen LogP contribution in [0.15, 0.2) is 42.7 Å². The largest absolute Gasteiger partial charge is 0.351 e. The van der Waals surface area contributed by atoms with Crippen LogP contribution in [-0.4, -0.2) is 94.8 Å². The third-order valence-corrected chi connectivity index (χ3v) is 7.68. The lowest BCUT2D eigenvalue weighted by molar-refractivity contribution is 0.0658. The van der Waals surface area contributed by atoms with E-state index in [9.17, 15) is 4.79 Å². The van der Waals surface area contributed by atoms with Crippen molar-refractivity contribution in [2.45, 2.75) is 33.2 Å². The van der Waals surface area contributed by atoms with Crippen molar-refractivity contribution in [3.63, 3.8) is 0 Å². The predicted molar refractivity (Wildman–Crippen MR) is 145 cm³/mol. The van der Waals surface area contributed by atoms with Crippen LogP contribution in [-0.2, 0) is 6.42 Å². The Labute approximate surface area is 219 Å². The number of carbonyl (C=O) groups excluding carboxylic acids is 1. The molecule has 1 amide bonds. The highest BCUT2D eigenvalue weighted by molar-refractivity contribution is 5.92. The maximum Gasteiger partial charge on any atom is 0.274 e. The van der Waals surface area contributed by atoms with E-state index in [0.29, 0.717) is 5.69 Å². The molecule has 2 saturated heterocycles. The number of rotatable bonds is 5. The molecule has 2 aliphatic rings. The van der Waals surface area contributed by atoms with E-state index < -0.39 is 0 Å². The molecule has 5 rings (SSSR count). The summed E-state index contributed by atoms with van der Waals surface area (Å²) in [5.41, 5.74) is 5.08. The summed E-state index contributed by atoms with van der Waals surface area (Å²) in [4.78, 5) is 30.6. The molecule has 2 fully saturated rings. The summed E-state index contributed by atoms with van der Waals surface area (Å²) in [6.07, 6.45) is 4.15. The third kappa shape index (κ3) is 5.41. The van der Waals surface area contributed by atoms with E-state index in [1.54, 1.807) is 12.4 Å². The first-order valence-corrected chi connectivity index (χ1v) is 13.1. The average Bonchev–Trinajstić information content (AvgIpc) is 2.92. The van der Waals surface area contributed by atoms with Gasteiger partial charge in [0.25, 0.3) is 5.91 Å². The van der Waals surface area contributed by atoms with Crippen LogP contribution >= 0.6 is 0 Å². The van der Waals surface area contributed by atoms with Gasteiger partial charge < -0.3 is 19.6 Å². The Hall–Kier alpha value is -3.59. The number of carbonyl (C=O) groups is 1. The van der Waals surface area contributed by atoms with E-state index >= 15 is 0 Å². The number of amides is 1. The zero-order valence-corrected chi connectivity index (χ0v) is 22.3. The van der Waals surface area contributed by atoms with Gasteiger partial charge in [0.05, 0.1) is 18.1 Å². The normalized spacial score (nSPS) is 18.8. The van der Waals surface area contributed by atoms with Crippen molar-refractivity contribution in [1.29, 1.82) is 0 Å². The van der Waals surface area contributed by atoms with Crippen LogP contribution in [0.2, 0.25) is 0 Å². The minimum Gasteiger partial charge on any atom is -0.351 e. The van der Waals surface area contributed by atoms with Crippen LogP contribution in [0.3, 0.4) is 0 Å². The Morgan fingerprint density at radius 3 is 2.35 bits per heavy atom. The van der Waals surface area contributed by atoms with Gasteiger partial charge in [0, 0.05) is 58.3 Å². The first kappa shape index (κ1) is 25.1. The second-order valence-corrected chi connectivity index (χ2v) is 10.2. The molecule has 2 aromatic heterocycles. The molecule has 37 heavy (non-hydrogen) atoms. The second kappa shape index (κ2) is 10.8. The number of aromatic nitrogens is 4. The Morgan fingerprint density at radius 1 is 0.919 bits per heavy atom. The molecule has 0 radical (unpaired) electrons. The fourth-order valence-corrected chi connectivity index (χ4v) is 5.14. The molecule has 0 aliphatic carbocycles. The number of hydrogen-bond acceptors (Lipinski definition) is 8. The van der Waals surface area contributed by atoms with Gasteiger partial charge in [-0.1, -0.05) is 30.3 Å². The predicted octanol–water partition coefficient (Wildman–Crippen LogP) is 2.58. The van der Waals surface area contributed by atoms with Crippen molar-refractivity contribution in [1.82, 2.24) is 30.0 Å². The SMILES string of the molecule is Cc1c(Cc2ccccc2)nnc(N2CCN(c3cnc(C(=O)N4CCN(C)CC4)cn3)C(C)C2)c1C. The first-order valence-electron chi connectivity index (χ1n) is 13.1. The fourth-order valence-electron chi connectivity index (χ4n) is 5.14. The van der Waals surface area contributed by atoms with Crippen molar-refractivity contribution in [2.24, 2.45) is 0 Å². The number of anilines is 2. The van der Waals surface area contributed by atoms with Gasteiger partial charge in [0.1, 0.15) is 11.5 Å². The Bertz CT molecular complexity index is 1220. The van der Waals surface area contributed by atoms with E-state index in [1.165, 1.54) is 16.7 Å². The maximum atomic E-state index is 12.8. The van der Waals surface area contributed by atoms with E-state index in [4.69, 9.17) is 0 Å². The smallest absolute Gasteiger partial charge is 0.274 e. The molecular weight excluding hydrogens is 464 g/mol. The van der Waals surface area contributed by atoms with Crippen LogP contribution in [0.1, 0.15) is 39.8 Å². The number of piperazine rings is 2. The molecule has 1 unspecified atom stereocenters. The van der Waals surface area contributed by atoms with Gasteiger partial charge in [-0.15, -0.1) is 5.10 Å². The first-order chi connectivity index (χ1) is 17.9. The molecular formula is C28H36N8O. The highest BCUT2D eigenvalue weighted by atomic mass is 16.2. The van der Waals surface area contributed by atoms with Gasteiger partial charge >= 0.3 is 0 Å². The number of nitrogens with zero attached hydrogens (tertiary/aromatic N) is 8. The van der Waals surface area contributed by atoms with Crippen molar-refractivity contribution in [2.75, 3.05) is 62.7 Å². The molecule has 4 heterocycles. The maximum absolute atomic E-state index is 12.8. The lowest BCUT2D eigenvalue weighted by Crippen LogP contribution is -2.53. The molecule has 1 aromatic carbocycles. The Morgan fingerprint density at radius 2 is 1.68 bits per heavy atom. The van der Waals surface area contributed by atoms with Gasteiger partial charge in [0.15, 0.2) is 5.82 Å². The summed E-state index contributed by atoms with van der Waals surface area (Å²) in [7, 11) is 2.08. The molecule has 9 heteroatoms. The quantitative estimate of drug-likeness (QED) is 0.529. The minimum absolute atomic E-state index is 0.0369. The van der Waals surface area contributed by atoms with Crippen LogP contribution in [0, 0.1) is 13.8 Å². The molecule has 0 bridgehead atoms. The number of likely N-dealkylation sites (N-methyl/N-ethyl adjacent to an activating group) is 1. The summed E-state index contributed by atoms with van der Waals surface area (Å²) >= 11 is 0. The highest BCUT2D eigenvalue weighted by Crippen LogP contribution is 2.26. The van der Waals surface area contributed by atoms with E-state index in [0.717, 1.165) is 69.6 Å². The van der Waals surface area contributed by atoms with E-state index in [-0.39, 0.29) is 11.9 Å². The van der Waals surface area contributed by atoms with Crippen molar-refractivity contribution < 1.29 is 4.79 Å². The zero-order valence-electron chi connectivity index (χ0n) is 22.3. The van der Waals surface area contributed by atoms with Crippen LogP contribution in [0.5, 0.6) is 0 Å². The van der Waals surface area contributed by atoms with E-state index in [2.05, 4.69) is 86.9 Å². The molecule has 1 atom stereocenters. The van der Waals surface area contributed by atoms with Gasteiger partial charge in [0.2, 0.25) is 0 Å². The highest BCUT2D eigenvalue weighted by Gasteiger charge is 2.28. The summed E-state index contributed by atoms with van der Waals surface area (Å²) in [6.45, 7) is 12.1. The standard InChI is InChI=1S/C28H36N8O/c1-20-19-35(27-22(3)21(2)24(31-32-27)16-23-8-6-5-7-9-23)14-15-36(20)26-18-29-25(17-30-26)28(37)34-12-10-33(4)11-13-34/h5-9,17-18,20H,10-16,19H2,1-4H3. The van der Waals surface area contributed by atoms with Crippen LogP contribution in [0.4, 0.5) is 11.6 Å². The van der Waals surface area contributed by atoms with Gasteiger partial charge in [-0.05, 0) is 44.5 Å². The lowest BCUT2D eigenvalue weighted by atomic mass is 10.0. The molecule has 0 N–H and O–H groups in total. The summed E-state index contributed by atoms with van der Waals surface area (Å²) in [6, 6.07) is 10.6. The zero-order chi connectivity index (χ0) is 25.9. The molecule has 2 aliphatic heterocycles. The van der Waals surface area contributed by atoms with Gasteiger partial charge in [-0.25, -0.2) is 9.97 Å². The number of hydrogen-bond donors (Lipinski definition) is 0. The molecule has 0 spiro atoms. The van der Waals surface area contributed by atoms with E-state index in [1.807, 2.05) is 11.0 Å². The fraction of sp³-hybridized carbons (Fsp3) is 0.464. The third-order valence-electron chi connectivity index (χ3n) is 7.68. The molecule has 194 valence electrons. The molecule has 3 aromatic rings. The van der Waals surface area contributed by atoms with Gasteiger partial charge in [-0.3, -0.25) is 4.79 Å². The molecule has 0 saturated carbocycles. The lowest BCUT2D eigenvalue weighted by Gasteiger charge is -2.41. The summed E-state index contributed by atoms with van der Waals surface area (Å²) in [5, 5.41) is 9.27.